The first-order valence-corrected chi connectivity index (χ1v) is 7.49. The minimum Gasteiger partial charge on any atom is -0.399 e. The van der Waals surface area contributed by atoms with E-state index in [2.05, 4.69) is 4.72 Å². The number of nitrogens with zero attached hydrogens (tertiary/aromatic N) is 1. The van der Waals surface area contributed by atoms with Crippen molar-refractivity contribution in [2.24, 2.45) is 0 Å². The van der Waals surface area contributed by atoms with Crippen LogP contribution in [0.4, 0.5) is 11.4 Å². The molecule has 20 heavy (non-hydrogen) atoms. The third-order valence-corrected chi connectivity index (χ3v) is 3.86. The monoisotopic (exact) mass is 287 g/mol. The number of hydrogen-bond donors (Lipinski definition) is 2. The number of nitrogen functional groups attached to an aromatic ring is 1. The number of anilines is 2. The summed E-state index contributed by atoms with van der Waals surface area (Å²) in [5.41, 5.74) is 7.27. The molecule has 102 valence electrons. The van der Waals surface area contributed by atoms with Crippen molar-refractivity contribution in [3.05, 3.63) is 59.7 Å². The summed E-state index contributed by atoms with van der Waals surface area (Å²) in [6.45, 7) is 0. The molecule has 2 aromatic carbocycles. The maximum atomic E-state index is 12.1. The first-order valence-electron chi connectivity index (χ1n) is 5.84. The number of sulfonamides is 1. The van der Waals surface area contributed by atoms with Gasteiger partial charge < -0.3 is 5.73 Å². The van der Waals surface area contributed by atoms with Crippen molar-refractivity contribution in [1.29, 1.82) is 5.26 Å². The predicted molar refractivity (Wildman–Crippen MR) is 78.3 cm³/mol. The van der Waals surface area contributed by atoms with Crippen LogP contribution in [0.3, 0.4) is 0 Å². The molecular formula is C14H13N3O2S. The van der Waals surface area contributed by atoms with Crippen LogP contribution in [0.15, 0.2) is 48.5 Å². The molecule has 5 nitrogen and oxygen atoms in total. The molecule has 0 aliphatic carbocycles. The molecule has 0 saturated heterocycles. The summed E-state index contributed by atoms with van der Waals surface area (Å²) in [6.07, 6.45) is 0. The van der Waals surface area contributed by atoms with Crippen LogP contribution < -0.4 is 10.5 Å². The molecule has 0 bridgehead atoms. The Bertz CT molecular complexity index is 764. The van der Waals surface area contributed by atoms with Crippen molar-refractivity contribution < 1.29 is 8.42 Å². The van der Waals surface area contributed by atoms with Gasteiger partial charge in [-0.05, 0) is 29.8 Å². The summed E-state index contributed by atoms with van der Waals surface area (Å²) >= 11 is 0. The number of nitrogens with one attached hydrogen (secondary N) is 1. The van der Waals surface area contributed by atoms with E-state index in [1.807, 2.05) is 6.07 Å². The van der Waals surface area contributed by atoms with Gasteiger partial charge in [-0.3, -0.25) is 4.72 Å². The fourth-order valence-corrected chi connectivity index (χ4v) is 2.98. The van der Waals surface area contributed by atoms with E-state index in [4.69, 9.17) is 11.0 Å². The summed E-state index contributed by atoms with van der Waals surface area (Å²) in [6, 6.07) is 15.1. The number of benzene rings is 2. The third-order valence-electron chi connectivity index (χ3n) is 2.62. The van der Waals surface area contributed by atoms with Gasteiger partial charge in [-0.1, -0.05) is 24.3 Å². The summed E-state index contributed by atoms with van der Waals surface area (Å²) < 4.78 is 26.6. The van der Waals surface area contributed by atoms with Crippen LogP contribution in [0.1, 0.15) is 11.1 Å². The highest BCUT2D eigenvalue weighted by Gasteiger charge is 2.13. The Morgan fingerprint density at radius 1 is 1.15 bits per heavy atom. The van der Waals surface area contributed by atoms with Crippen LogP contribution >= 0.6 is 0 Å². The Morgan fingerprint density at radius 2 is 1.90 bits per heavy atom. The third kappa shape index (κ3) is 3.49. The van der Waals surface area contributed by atoms with Gasteiger partial charge in [-0.25, -0.2) is 8.42 Å². The number of para-hydroxylation sites is 1. The fraction of sp³-hybridized carbons (Fsp3) is 0.0714. The molecule has 0 saturated carbocycles. The number of nitrogens with two attached hydrogens (primary N) is 1. The standard InChI is InChI=1S/C14H13N3O2S/c15-9-12-5-1-2-7-14(12)17-20(18,19)10-11-4-3-6-13(16)8-11/h1-8,17H,10,16H2. The van der Waals surface area contributed by atoms with Gasteiger partial charge in [0.05, 0.1) is 17.0 Å². The van der Waals surface area contributed by atoms with Crippen molar-refractivity contribution in [1.82, 2.24) is 0 Å². The van der Waals surface area contributed by atoms with Crippen molar-refractivity contribution in [2.45, 2.75) is 5.75 Å². The molecular weight excluding hydrogens is 274 g/mol. The quantitative estimate of drug-likeness (QED) is 0.841. The van der Waals surface area contributed by atoms with Crippen LogP contribution in [-0.4, -0.2) is 8.42 Å². The minimum absolute atomic E-state index is 0.197. The average Bonchev–Trinajstić information content (AvgIpc) is 2.38. The average molecular weight is 287 g/mol. The molecule has 0 unspecified atom stereocenters. The van der Waals surface area contributed by atoms with E-state index in [0.717, 1.165) is 0 Å². The summed E-state index contributed by atoms with van der Waals surface area (Å²) in [5.74, 6) is -0.197. The van der Waals surface area contributed by atoms with Crippen LogP contribution in [-0.2, 0) is 15.8 Å². The van der Waals surface area contributed by atoms with Crippen molar-refractivity contribution in [3.8, 4) is 6.07 Å². The molecule has 0 heterocycles. The second-order valence-electron chi connectivity index (χ2n) is 4.26. The molecule has 0 aromatic heterocycles. The highest BCUT2D eigenvalue weighted by molar-refractivity contribution is 7.91. The van der Waals surface area contributed by atoms with Gasteiger partial charge in [0.1, 0.15) is 6.07 Å². The van der Waals surface area contributed by atoms with Gasteiger partial charge in [-0.15, -0.1) is 0 Å². The van der Waals surface area contributed by atoms with E-state index in [1.165, 1.54) is 0 Å². The van der Waals surface area contributed by atoms with Gasteiger partial charge in [-0.2, -0.15) is 5.26 Å². The lowest BCUT2D eigenvalue weighted by atomic mass is 10.2. The van der Waals surface area contributed by atoms with Gasteiger partial charge >= 0.3 is 0 Å². The summed E-state index contributed by atoms with van der Waals surface area (Å²) in [7, 11) is -3.59. The zero-order valence-electron chi connectivity index (χ0n) is 10.6. The van der Waals surface area contributed by atoms with Crippen LogP contribution in [0.5, 0.6) is 0 Å². The van der Waals surface area contributed by atoms with E-state index in [0.29, 0.717) is 11.3 Å². The molecule has 0 radical (unpaired) electrons. The zero-order chi connectivity index (χ0) is 14.6. The van der Waals surface area contributed by atoms with Gasteiger partial charge in [0.2, 0.25) is 10.0 Å². The second-order valence-corrected chi connectivity index (χ2v) is 5.99. The summed E-state index contributed by atoms with van der Waals surface area (Å²) in [4.78, 5) is 0. The van der Waals surface area contributed by atoms with E-state index < -0.39 is 10.0 Å². The smallest absolute Gasteiger partial charge is 0.236 e. The Morgan fingerprint density at radius 3 is 2.60 bits per heavy atom. The van der Waals surface area contributed by atoms with Crippen molar-refractivity contribution >= 4 is 21.4 Å². The van der Waals surface area contributed by atoms with E-state index >= 15 is 0 Å². The first kappa shape index (κ1) is 13.9. The van der Waals surface area contributed by atoms with Crippen molar-refractivity contribution in [2.75, 3.05) is 10.5 Å². The number of hydrogen-bond acceptors (Lipinski definition) is 4. The van der Waals surface area contributed by atoms with Gasteiger partial charge in [0, 0.05) is 5.69 Å². The Hall–Kier alpha value is -2.52. The van der Waals surface area contributed by atoms with Crippen LogP contribution in [0, 0.1) is 11.3 Å². The zero-order valence-corrected chi connectivity index (χ0v) is 11.4. The highest BCUT2D eigenvalue weighted by atomic mass is 32.2. The Labute approximate surface area is 117 Å². The Kier molecular flexibility index (Phi) is 3.91. The van der Waals surface area contributed by atoms with E-state index in [9.17, 15) is 8.42 Å². The molecule has 0 fully saturated rings. The molecule has 6 heteroatoms. The molecule has 2 aromatic rings. The maximum Gasteiger partial charge on any atom is 0.236 e. The molecule has 0 atom stereocenters. The van der Waals surface area contributed by atoms with Crippen LogP contribution in [0.25, 0.3) is 0 Å². The number of rotatable bonds is 4. The fourth-order valence-electron chi connectivity index (χ4n) is 1.78. The number of nitriles is 1. The predicted octanol–water partition coefficient (Wildman–Crippen LogP) is 2.08. The second kappa shape index (κ2) is 5.63. The van der Waals surface area contributed by atoms with Crippen LogP contribution in [0.2, 0.25) is 0 Å². The van der Waals surface area contributed by atoms with E-state index in [1.54, 1.807) is 48.5 Å². The van der Waals surface area contributed by atoms with Crippen molar-refractivity contribution in [3.63, 3.8) is 0 Å². The highest BCUT2D eigenvalue weighted by Crippen LogP contribution is 2.17. The molecule has 3 N–H and O–H groups in total. The van der Waals surface area contributed by atoms with E-state index in [-0.39, 0.29) is 17.0 Å². The summed E-state index contributed by atoms with van der Waals surface area (Å²) in [5, 5.41) is 8.94. The SMILES string of the molecule is N#Cc1ccccc1NS(=O)(=O)Cc1cccc(N)c1. The minimum atomic E-state index is -3.59. The lowest BCUT2D eigenvalue weighted by Gasteiger charge is -2.09. The molecule has 0 aliphatic heterocycles. The first-order chi connectivity index (χ1) is 9.50. The Balaban J connectivity index is 2.22. The lowest BCUT2D eigenvalue weighted by molar-refractivity contribution is 0.600. The largest absolute Gasteiger partial charge is 0.399 e. The molecule has 0 amide bonds. The lowest BCUT2D eigenvalue weighted by Crippen LogP contribution is -2.15. The molecule has 2 rings (SSSR count). The topological polar surface area (TPSA) is 96.0 Å². The van der Waals surface area contributed by atoms with Gasteiger partial charge in [0.25, 0.3) is 0 Å². The van der Waals surface area contributed by atoms with Gasteiger partial charge in [0.15, 0.2) is 0 Å². The maximum absolute atomic E-state index is 12.1. The molecule has 0 aliphatic rings. The normalized spacial score (nSPS) is 10.8. The molecule has 0 spiro atoms.